The average molecular weight is 289 g/mol. The Labute approximate surface area is 83.4 Å². The highest BCUT2D eigenvalue weighted by atomic mass is 79.9. The molecule has 0 spiro atoms. The molecule has 0 aromatic carbocycles. The number of rotatable bonds is 4. The molecule has 0 aliphatic carbocycles. The highest BCUT2D eigenvalue weighted by molar-refractivity contribution is 9.21. The molecule has 66 valence electrons. The Balaban J connectivity index is 4.21. The molecule has 0 amide bonds. The molecule has 11 heavy (non-hydrogen) atoms. The van der Waals surface area contributed by atoms with E-state index in [1.807, 2.05) is 13.8 Å². The second-order valence-corrected chi connectivity index (χ2v) is 4.91. The molecule has 0 rings (SSSR count). The number of carboxylic acid groups (broad SMARTS) is 1. The minimum Gasteiger partial charge on any atom is -0.480 e. The van der Waals surface area contributed by atoms with Gasteiger partial charge in [-0.25, -0.2) is 0 Å². The molecular formula is C6H11Br2NO2. The first-order valence-electron chi connectivity index (χ1n) is 3.34. The van der Waals surface area contributed by atoms with Gasteiger partial charge in [0.05, 0.1) is 0 Å². The zero-order chi connectivity index (χ0) is 9.02. The van der Waals surface area contributed by atoms with E-state index in [1.54, 1.807) is 0 Å². The van der Waals surface area contributed by atoms with Crippen LogP contribution < -0.4 is 0 Å². The van der Waals surface area contributed by atoms with Crippen LogP contribution in [-0.2, 0) is 4.79 Å². The predicted molar refractivity (Wildman–Crippen MR) is 50.6 cm³/mol. The molecule has 3 nitrogen and oxygen atoms in total. The summed E-state index contributed by atoms with van der Waals surface area (Å²) in [6, 6.07) is -0.514. The van der Waals surface area contributed by atoms with Gasteiger partial charge in [0.2, 0.25) is 0 Å². The van der Waals surface area contributed by atoms with Crippen molar-refractivity contribution in [2.75, 3.05) is 0 Å². The molecule has 0 aliphatic rings. The van der Waals surface area contributed by atoms with Crippen molar-refractivity contribution in [3.63, 3.8) is 0 Å². The summed E-state index contributed by atoms with van der Waals surface area (Å²) in [5.41, 5.74) is 0. The highest BCUT2D eigenvalue weighted by Gasteiger charge is 2.27. The minimum absolute atomic E-state index is 0.117. The molecule has 0 unspecified atom stereocenters. The fraction of sp³-hybridized carbons (Fsp3) is 0.833. The number of nitrogens with zero attached hydrogens (tertiary/aromatic N) is 1. The maximum absolute atomic E-state index is 10.6. The van der Waals surface area contributed by atoms with Crippen molar-refractivity contribution in [3.8, 4) is 0 Å². The van der Waals surface area contributed by atoms with Crippen LogP contribution in [0.25, 0.3) is 0 Å². The molecule has 0 saturated carbocycles. The average Bonchev–Trinajstić information content (AvgIpc) is 1.85. The first kappa shape index (κ1) is 11.4. The van der Waals surface area contributed by atoms with E-state index in [9.17, 15) is 4.79 Å². The standard InChI is InChI=1S/C6H11Br2NO2/c1-3-4(2)5(6(10)11)9(7)8/h4-5H,3H2,1-2H3,(H,10,11)/t4-,5-/m0/s1. The van der Waals surface area contributed by atoms with E-state index in [0.717, 1.165) is 6.42 Å². The van der Waals surface area contributed by atoms with Crippen LogP contribution in [-0.4, -0.2) is 20.1 Å². The molecule has 5 heteroatoms. The maximum Gasteiger partial charge on any atom is 0.323 e. The Bertz CT molecular complexity index is 141. The van der Waals surface area contributed by atoms with Gasteiger partial charge in [0, 0.05) is 32.3 Å². The number of aliphatic carboxylic acids is 1. The Morgan fingerprint density at radius 1 is 1.64 bits per heavy atom. The SMILES string of the molecule is CC[C@H](C)[C@@H](C(=O)O)N(Br)Br. The Hall–Kier alpha value is 0.390. The summed E-state index contributed by atoms with van der Waals surface area (Å²) in [5, 5.41) is 8.74. The summed E-state index contributed by atoms with van der Waals surface area (Å²) in [6.45, 7) is 3.86. The molecule has 0 aliphatic heterocycles. The summed E-state index contributed by atoms with van der Waals surface area (Å²) >= 11 is 6.10. The zero-order valence-electron chi connectivity index (χ0n) is 6.42. The lowest BCUT2D eigenvalue weighted by atomic mass is 10.0. The predicted octanol–water partition coefficient (Wildman–Crippen LogP) is 2.41. The summed E-state index contributed by atoms with van der Waals surface area (Å²) in [5.74, 6) is -0.709. The molecule has 0 bridgehead atoms. The van der Waals surface area contributed by atoms with Crippen molar-refractivity contribution >= 4 is 38.3 Å². The second kappa shape index (κ2) is 5.11. The quantitative estimate of drug-likeness (QED) is 0.808. The fourth-order valence-corrected chi connectivity index (χ4v) is 1.90. The van der Waals surface area contributed by atoms with Crippen LogP contribution >= 0.6 is 32.3 Å². The summed E-state index contributed by atoms with van der Waals surface area (Å²) in [4.78, 5) is 10.6. The topological polar surface area (TPSA) is 40.5 Å². The van der Waals surface area contributed by atoms with E-state index < -0.39 is 12.0 Å². The van der Waals surface area contributed by atoms with Crippen LogP contribution in [0.2, 0.25) is 0 Å². The van der Waals surface area contributed by atoms with Gasteiger partial charge in [0.25, 0.3) is 0 Å². The summed E-state index contributed by atoms with van der Waals surface area (Å²) < 4.78 is 1.37. The van der Waals surface area contributed by atoms with Crippen LogP contribution in [0.1, 0.15) is 20.3 Å². The van der Waals surface area contributed by atoms with Gasteiger partial charge < -0.3 is 5.11 Å². The lowest BCUT2D eigenvalue weighted by molar-refractivity contribution is -0.141. The van der Waals surface area contributed by atoms with Crippen LogP contribution in [0, 0.1) is 5.92 Å². The molecule has 0 aromatic rings. The number of carboxylic acids is 1. The van der Waals surface area contributed by atoms with Gasteiger partial charge in [-0.05, 0) is 5.92 Å². The molecule has 0 radical (unpaired) electrons. The lowest BCUT2D eigenvalue weighted by Gasteiger charge is -2.21. The molecular weight excluding hydrogens is 278 g/mol. The van der Waals surface area contributed by atoms with Crippen LogP contribution in [0.3, 0.4) is 0 Å². The van der Waals surface area contributed by atoms with Gasteiger partial charge in [-0.1, -0.05) is 20.3 Å². The molecule has 1 N–H and O–H groups in total. The van der Waals surface area contributed by atoms with E-state index in [1.165, 1.54) is 2.95 Å². The van der Waals surface area contributed by atoms with Crippen LogP contribution in [0.15, 0.2) is 0 Å². The van der Waals surface area contributed by atoms with Crippen LogP contribution in [0.5, 0.6) is 0 Å². The van der Waals surface area contributed by atoms with Gasteiger partial charge in [0.1, 0.15) is 6.04 Å². The van der Waals surface area contributed by atoms with Crippen molar-refractivity contribution in [1.82, 2.24) is 2.95 Å². The van der Waals surface area contributed by atoms with Gasteiger partial charge in [0.15, 0.2) is 0 Å². The van der Waals surface area contributed by atoms with Gasteiger partial charge in [-0.15, -0.1) is 0 Å². The normalized spacial score (nSPS) is 16.5. The Kier molecular flexibility index (Phi) is 5.29. The van der Waals surface area contributed by atoms with Crippen molar-refractivity contribution in [2.45, 2.75) is 26.3 Å². The van der Waals surface area contributed by atoms with Crippen molar-refractivity contribution in [2.24, 2.45) is 5.92 Å². The van der Waals surface area contributed by atoms with E-state index in [-0.39, 0.29) is 5.92 Å². The zero-order valence-corrected chi connectivity index (χ0v) is 9.59. The molecule has 0 saturated heterocycles. The molecule has 2 atom stereocenters. The number of hydrogen-bond acceptors (Lipinski definition) is 2. The summed E-state index contributed by atoms with van der Waals surface area (Å²) in [7, 11) is 0. The van der Waals surface area contributed by atoms with Crippen molar-refractivity contribution in [3.05, 3.63) is 0 Å². The molecule has 0 heterocycles. The number of carbonyl (C=O) groups is 1. The van der Waals surface area contributed by atoms with Crippen molar-refractivity contribution < 1.29 is 9.90 Å². The van der Waals surface area contributed by atoms with Gasteiger partial charge in [-0.2, -0.15) is 2.95 Å². The largest absolute Gasteiger partial charge is 0.480 e. The van der Waals surface area contributed by atoms with E-state index in [2.05, 4.69) is 32.3 Å². The smallest absolute Gasteiger partial charge is 0.323 e. The van der Waals surface area contributed by atoms with Crippen LogP contribution in [0.4, 0.5) is 0 Å². The number of hydrogen-bond donors (Lipinski definition) is 1. The Morgan fingerprint density at radius 3 is 2.18 bits per heavy atom. The highest BCUT2D eigenvalue weighted by Crippen LogP contribution is 2.21. The third kappa shape index (κ3) is 3.53. The van der Waals surface area contributed by atoms with Gasteiger partial charge >= 0.3 is 5.97 Å². The van der Waals surface area contributed by atoms with Crippen molar-refractivity contribution in [1.29, 1.82) is 0 Å². The van der Waals surface area contributed by atoms with E-state index >= 15 is 0 Å². The fourth-order valence-electron chi connectivity index (χ4n) is 0.743. The lowest BCUT2D eigenvalue weighted by Crippen LogP contribution is -2.34. The summed E-state index contributed by atoms with van der Waals surface area (Å²) in [6.07, 6.45) is 0.838. The monoisotopic (exact) mass is 287 g/mol. The minimum atomic E-state index is -0.826. The number of halogens is 2. The Morgan fingerprint density at radius 2 is 2.09 bits per heavy atom. The molecule has 0 aromatic heterocycles. The van der Waals surface area contributed by atoms with E-state index in [4.69, 9.17) is 5.11 Å². The third-order valence-corrected chi connectivity index (χ3v) is 2.53. The van der Waals surface area contributed by atoms with Gasteiger partial charge in [-0.3, -0.25) is 4.79 Å². The first-order chi connectivity index (χ1) is 5.00. The molecule has 0 fully saturated rings. The first-order valence-corrected chi connectivity index (χ1v) is 4.76. The maximum atomic E-state index is 10.6. The third-order valence-electron chi connectivity index (χ3n) is 1.65. The second-order valence-electron chi connectivity index (χ2n) is 2.43. The van der Waals surface area contributed by atoms with E-state index in [0.29, 0.717) is 0 Å².